The van der Waals surface area contributed by atoms with E-state index in [1.165, 1.54) is 12.8 Å². The third-order valence-corrected chi connectivity index (χ3v) is 3.65. The second kappa shape index (κ2) is 9.25. The number of anilines is 1. The first-order chi connectivity index (χ1) is 10.8. The third-order valence-electron chi connectivity index (χ3n) is 3.65. The molecule has 122 valence electrons. The smallest absolute Gasteiger partial charge is 0.188 e. The van der Waals surface area contributed by atoms with Gasteiger partial charge in [0.1, 0.15) is 5.82 Å². The summed E-state index contributed by atoms with van der Waals surface area (Å²) in [5, 5.41) is 3.09. The predicted molar refractivity (Wildman–Crippen MR) is 90.1 cm³/mol. The van der Waals surface area contributed by atoms with Crippen LogP contribution in [0.1, 0.15) is 31.7 Å². The van der Waals surface area contributed by atoms with Crippen LogP contribution in [0.25, 0.3) is 0 Å². The van der Waals surface area contributed by atoms with Gasteiger partial charge in [-0.05, 0) is 37.8 Å². The summed E-state index contributed by atoms with van der Waals surface area (Å²) in [6, 6.07) is 4.15. The summed E-state index contributed by atoms with van der Waals surface area (Å²) in [5.74, 6) is 1.53. The van der Waals surface area contributed by atoms with E-state index >= 15 is 0 Å². The zero-order chi connectivity index (χ0) is 15.6. The number of aliphatic imine (C=N–C) groups is 1. The fourth-order valence-corrected chi connectivity index (χ4v) is 2.41. The highest BCUT2D eigenvalue weighted by atomic mass is 16.5. The molecular weight excluding hydrogens is 278 g/mol. The van der Waals surface area contributed by atoms with E-state index in [4.69, 9.17) is 10.5 Å². The summed E-state index contributed by atoms with van der Waals surface area (Å²) < 4.78 is 5.27. The van der Waals surface area contributed by atoms with E-state index in [0.29, 0.717) is 12.5 Å². The van der Waals surface area contributed by atoms with Gasteiger partial charge in [-0.1, -0.05) is 6.07 Å². The van der Waals surface area contributed by atoms with Crippen LogP contribution in [-0.4, -0.2) is 43.8 Å². The average molecular weight is 305 g/mol. The molecule has 6 heteroatoms. The minimum absolute atomic E-state index is 0.472. The van der Waals surface area contributed by atoms with Crippen LogP contribution in [0.5, 0.6) is 0 Å². The highest BCUT2D eigenvalue weighted by Gasteiger charge is 2.12. The summed E-state index contributed by atoms with van der Waals surface area (Å²) in [5.41, 5.74) is 6.91. The second-order valence-corrected chi connectivity index (χ2v) is 5.40. The molecule has 1 aromatic rings. The maximum Gasteiger partial charge on any atom is 0.188 e. The molecule has 0 amide bonds. The molecule has 6 nitrogen and oxygen atoms in total. The second-order valence-electron chi connectivity index (χ2n) is 5.40. The van der Waals surface area contributed by atoms with Crippen LogP contribution in [-0.2, 0) is 11.3 Å². The zero-order valence-corrected chi connectivity index (χ0v) is 13.4. The van der Waals surface area contributed by atoms with Crippen LogP contribution in [0.2, 0.25) is 0 Å². The van der Waals surface area contributed by atoms with E-state index in [2.05, 4.69) is 32.3 Å². The SMILES string of the molecule is CCOCCCNC(N)=NCc1ccc(N2CCCC2)nc1. The van der Waals surface area contributed by atoms with Crippen LogP contribution in [0, 0.1) is 0 Å². The van der Waals surface area contributed by atoms with Crippen LogP contribution in [0.3, 0.4) is 0 Å². The Morgan fingerprint density at radius 2 is 2.23 bits per heavy atom. The van der Waals surface area contributed by atoms with Crippen molar-refractivity contribution < 1.29 is 4.74 Å². The molecule has 3 N–H and O–H groups in total. The maximum atomic E-state index is 5.84. The Labute approximate surface area is 132 Å². The number of aromatic nitrogens is 1. The zero-order valence-electron chi connectivity index (χ0n) is 13.4. The largest absolute Gasteiger partial charge is 0.382 e. The first-order valence-corrected chi connectivity index (χ1v) is 8.11. The van der Waals surface area contributed by atoms with E-state index < -0.39 is 0 Å². The third kappa shape index (κ3) is 5.52. The number of nitrogens with zero attached hydrogens (tertiary/aromatic N) is 3. The number of nitrogens with two attached hydrogens (primary N) is 1. The van der Waals surface area contributed by atoms with Crippen LogP contribution in [0.4, 0.5) is 5.82 Å². The van der Waals surface area contributed by atoms with Crippen molar-refractivity contribution in [2.45, 2.75) is 32.7 Å². The van der Waals surface area contributed by atoms with Crippen molar-refractivity contribution in [2.75, 3.05) is 37.7 Å². The lowest BCUT2D eigenvalue weighted by atomic mass is 10.3. The lowest BCUT2D eigenvalue weighted by Gasteiger charge is -2.16. The summed E-state index contributed by atoms with van der Waals surface area (Å²) in [6.45, 7) is 7.06. The number of ether oxygens (including phenoxy) is 1. The van der Waals surface area contributed by atoms with E-state index in [0.717, 1.165) is 50.7 Å². The van der Waals surface area contributed by atoms with Crippen LogP contribution >= 0.6 is 0 Å². The van der Waals surface area contributed by atoms with Crippen molar-refractivity contribution in [1.82, 2.24) is 10.3 Å². The molecule has 1 fully saturated rings. The molecule has 1 aliphatic heterocycles. The topological polar surface area (TPSA) is 75.8 Å². The normalized spacial score (nSPS) is 15.3. The molecule has 0 bridgehead atoms. The van der Waals surface area contributed by atoms with Crippen LogP contribution in [0.15, 0.2) is 23.3 Å². The minimum atomic E-state index is 0.472. The first-order valence-electron chi connectivity index (χ1n) is 8.11. The van der Waals surface area contributed by atoms with Gasteiger partial charge in [0.25, 0.3) is 0 Å². The number of pyridine rings is 1. The molecule has 0 aliphatic carbocycles. The van der Waals surface area contributed by atoms with Crippen molar-refractivity contribution in [3.05, 3.63) is 23.9 Å². The summed E-state index contributed by atoms with van der Waals surface area (Å²) >= 11 is 0. The highest BCUT2D eigenvalue weighted by Crippen LogP contribution is 2.17. The number of nitrogens with one attached hydrogen (secondary N) is 1. The molecule has 1 saturated heterocycles. The standard InChI is InChI=1S/C16H27N5O/c1-2-22-11-5-8-18-16(17)20-13-14-6-7-15(19-12-14)21-9-3-4-10-21/h6-7,12H,2-5,8-11,13H2,1H3,(H3,17,18,20). The van der Waals surface area contributed by atoms with E-state index in [1.807, 2.05) is 13.1 Å². The van der Waals surface area contributed by atoms with Gasteiger partial charge in [0.05, 0.1) is 6.54 Å². The average Bonchev–Trinajstić information content (AvgIpc) is 3.08. The Kier molecular flexibility index (Phi) is 6.96. The Morgan fingerprint density at radius 1 is 1.41 bits per heavy atom. The van der Waals surface area contributed by atoms with E-state index in [1.54, 1.807) is 0 Å². The Morgan fingerprint density at radius 3 is 2.91 bits per heavy atom. The Hall–Kier alpha value is -1.82. The number of hydrogen-bond acceptors (Lipinski definition) is 4. The quantitative estimate of drug-likeness (QED) is 0.432. The predicted octanol–water partition coefficient (Wildman–Crippen LogP) is 1.51. The van der Waals surface area contributed by atoms with Crippen molar-refractivity contribution >= 4 is 11.8 Å². The highest BCUT2D eigenvalue weighted by molar-refractivity contribution is 5.77. The fourth-order valence-electron chi connectivity index (χ4n) is 2.41. The molecule has 1 aliphatic rings. The molecule has 0 unspecified atom stereocenters. The van der Waals surface area contributed by atoms with Gasteiger partial charge in [-0.3, -0.25) is 0 Å². The molecular formula is C16H27N5O. The lowest BCUT2D eigenvalue weighted by molar-refractivity contribution is 0.145. The van der Waals surface area contributed by atoms with Gasteiger partial charge in [0.2, 0.25) is 0 Å². The van der Waals surface area contributed by atoms with Gasteiger partial charge < -0.3 is 20.7 Å². The number of hydrogen-bond donors (Lipinski definition) is 2. The van der Waals surface area contributed by atoms with Gasteiger partial charge in [0.15, 0.2) is 5.96 Å². The molecule has 0 spiro atoms. The van der Waals surface area contributed by atoms with Gasteiger partial charge in [-0.2, -0.15) is 0 Å². The molecule has 0 aromatic carbocycles. The van der Waals surface area contributed by atoms with Crippen molar-refractivity contribution in [3.63, 3.8) is 0 Å². The number of rotatable bonds is 8. The Bertz CT molecular complexity index is 454. The monoisotopic (exact) mass is 305 g/mol. The van der Waals surface area contributed by atoms with Crippen LogP contribution < -0.4 is 16.0 Å². The van der Waals surface area contributed by atoms with Gasteiger partial charge in [-0.25, -0.2) is 9.98 Å². The maximum absolute atomic E-state index is 5.84. The van der Waals surface area contributed by atoms with E-state index in [-0.39, 0.29) is 0 Å². The molecule has 0 saturated carbocycles. The molecule has 22 heavy (non-hydrogen) atoms. The van der Waals surface area contributed by atoms with Gasteiger partial charge in [-0.15, -0.1) is 0 Å². The Balaban J connectivity index is 1.72. The van der Waals surface area contributed by atoms with Crippen molar-refractivity contribution in [1.29, 1.82) is 0 Å². The molecule has 0 atom stereocenters. The fraction of sp³-hybridized carbons (Fsp3) is 0.625. The molecule has 1 aromatic heterocycles. The number of guanidine groups is 1. The van der Waals surface area contributed by atoms with Crippen molar-refractivity contribution in [3.8, 4) is 0 Å². The summed E-state index contributed by atoms with van der Waals surface area (Å²) in [4.78, 5) is 11.2. The molecule has 2 heterocycles. The lowest BCUT2D eigenvalue weighted by Crippen LogP contribution is -2.32. The van der Waals surface area contributed by atoms with E-state index in [9.17, 15) is 0 Å². The first kappa shape index (κ1) is 16.5. The summed E-state index contributed by atoms with van der Waals surface area (Å²) in [6.07, 6.45) is 5.34. The van der Waals surface area contributed by atoms with Gasteiger partial charge >= 0.3 is 0 Å². The minimum Gasteiger partial charge on any atom is -0.382 e. The van der Waals surface area contributed by atoms with Crippen molar-refractivity contribution in [2.24, 2.45) is 10.7 Å². The summed E-state index contributed by atoms with van der Waals surface area (Å²) in [7, 11) is 0. The molecule has 0 radical (unpaired) electrons. The molecule has 2 rings (SSSR count). The van der Waals surface area contributed by atoms with Gasteiger partial charge in [0, 0.05) is 39.0 Å².